The van der Waals surface area contributed by atoms with Crippen LogP contribution in [0.5, 0.6) is 0 Å². The Labute approximate surface area is 141 Å². The lowest BCUT2D eigenvalue weighted by Crippen LogP contribution is -2.18. The molecule has 0 saturated carbocycles. The highest BCUT2D eigenvalue weighted by Gasteiger charge is 2.22. The van der Waals surface area contributed by atoms with E-state index in [9.17, 15) is 4.39 Å². The topological polar surface area (TPSA) is 55.6 Å². The number of hydrogen-bond acceptors (Lipinski definition) is 5. The number of nitrogens with one attached hydrogen (secondary N) is 1. The molecule has 24 heavy (non-hydrogen) atoms. The summed E-state index contributed by atoms with van der Waals surface area (Å²) in [6.45, 7) is 0. The van der Waals surface area contributed by atoms with Gasteiger partial charge in [-0.05, 0) is 17.5 Å². The van der Waals surface area contributed by atoms with Gasteiger partial charge in [0, 0.05) is 25.0 Å². The zero-order valence-electron chi connectivity index (χ0n) is 12.8. The van der Waals surface area contributed by atoms with Crippen molar-refractivity contribution in [2.45, 2.75) is 6.04 Å². The average molecular weight is 339 g/mol. The Morgan fingerprint density at radius 2 is 2.04 bits per heavy atom. The number of nitrogens with zero attached hydrogens (tertiary/aromatic N) is 4. The summed E-state index contributed by atoms with van der Waals surface area (Å²) in [6.07, 6.45) is 5.05. The third-order valence-corrected chi connectivity index (χ3v) is 4.70. The van der Waals surface area contributed by atoms with Crippen LogP contribution in [0.3, 0.4) is 0 Å². The van der Waals surface area contributed by atoms with Gasteiger partial charge in [0.2, 0.25) is 0 Å². The zero-order valence-corrected chi connectivity index (χ0v) is 13.7. The standard InChI is InChI=1S/C17H14FN5S/c1-23-8-7-19-16(23)14(11-4-2-3-5-13(11)18)22-15-12-6-9-24-17(12)21-10-20-15/h2-10,14H,1H3,(H,20,21,22)/t14-/m1/s1. The molecule has 0 saturated heterocycles. The van der Waals surface area contributed by atoms with E-state index in [4.69, 9.17) is 0 Å². The molecule has 0 radical (unpaired) electrons. The van der Waals surface area contributed by atoms with E-state index in [1.54, 1.807) is 29.7 Å². The predicted octanol–water partition coefficient (Wildman–Crippen LogP) is 3.77. The third kappa shape index (κ3) is 2.52. The van der Waals surface area contributed by atoms with Gasteiger partial charge in [-0.2, -0.15) is 0 Å². The molecular formula is C17H14FN5S. The van der Waals surface area contributed by atoms with Crippen molar-refractivity contribution >= 4 is 27.4 Å². The molecular weight excluding hydrogens is 325 g/mol. The average Bonchev–Trinajstić information content (AvgIpc) is 3.22. The number of aryl methyl sites for hydroxylation is 1. The number of imidazole rings is 1. The summed E-state index contributed by atoms with van der Waals surface area (Å²) in [7, 11) is 1.89. The van der Waals surface area contributed by atoms with Crippen molar-refractivity contribution in [3.63, 3.8) is 0 Å². The normalized spacial score (nSPS) is 12.4. The molecule has 0 aliphatic heterocycles. The molecule has 0 spiro atoms. The molecule has 3 heterocycles. The van der Waals surface area contributed by atoms with Crippen molar-refractivity contribution in [2.24, 2.45) is 7.05 Å². The van der Waals surface area contributed by atoms with Crippen LogP contribution in [0.15, 0.2) is 54.4 Å². The Morgan fingerprint density at radius 1 is 1.17 bits per heavy atom. The molecule has 0 fully saturated rings. The van der Waals surface area contributed by atoms with Crippen LogP contribution in [-0.2, 0) is 7.05 Å². The summed E-state index contributed by atoms with van der Waals surface area (Å²) in [5, 5.41) is 6.22. The summed E-state index contributed by atoms with van der Waals surface area (Å²) in [4.78, 5) is 13.9. The van der Waals surface area contributed by atoms with Crippen LogP contribution in [0, 0.1) is 5.82 Å². The van der Waals surface area contributed by atoms with Crippen LogP contribution in [0.2, 0.25) is 0 Å². The van der Waals surface area contributed by atoms with Crippen molar-refractivity contribution in [3.05, 3.63) is 71.6 Å². The predicted molar refractivity (Wildman–Crippen MR) is 92.5 cm³/mol. The van der Waals surface area contributed by atoms with Crippen LogP contribution in [0.4, 0.5) is 10.2 Å². The van der Waals surface area contributed by atoms with E-state index in [0.29, 0.717) is 17.2 Å². The van der Waals surface area contributed by atoms with E-state index in [0.717, 1.165) is 10.2 Å². The first-order valence-corrected chi connectivity index (χ1v) is 8.28. The number of benzene rings is 1. The van der Waals surface area contributed by atoms with Crippen LogP contribution in [-0.4, -0.2) is 19.5 Å². The van der Waals surface area contributed by atoms with Crippen LogP contribution in [0.25, 0.3) is 10.2 Å². The summed E-state index contributed by atoms with van der Waals surface area (Å²) >= 11 is 1.54. The molecule has 7 heteroatoms. The number of hydrogen-bond donors (Lipinski definition) is 1. The first-order valence-electron chi connectivity index (χ1n) is 7.40. The number of thiophene rings is 1. The number of rotatable bonds is 4. The molecule has 4 rings (SSSR count). The smallest absolute Gasteiger partial charge is 0.139 e. The van der Waals surface area contributed by atoms with Gasteiger partial charge in [-0.25, -0.2) is 19.3 Å². The minimum Gasteiger partial charge on any atom is -0.356 e. The Balaban J connectivity index is 1.83. The Kier molecular flexibility index (Phi) is 3.70. The van der Waals surface area contributed by atoms with Crippen molar-refractivity contribution < 1.29 is 4.39 Å². The highest BCUT2D eigenvalue weighted by Crippen LogP contribution is 2.30. The largest absolute Gasteiger partial charge is 0.356 e. The van der Waals surface area contributed by atoms with Gasteiger partial charge < -0.3 is 9.88 Å². The van der Waals surface area contributed by atoms with E-state index in [-0.39, 0.29) is 5.82 Å². The van der Waals surface area contributed by atoms with Crippen molar-refractivity contribution in [1.29, 1.82) is 0 Å². The maximum atomic E-state index is 14.4. The summed E-state index contributed by atoms with van der Waals surface area (Å²) in [5.74, 6) is 1.09. The summed E-state index contributed by atoms with van der Waals surface area (Å²) < 4.78 is 16.3. The fraction of sp³-hybridized carbons (Fsp3) is 0.118. The van der Waals surface area contributed by atoms with Gasteiger partial charge in [0.05, 0.1) is 5.39 Å². The molecule has 5 nitrogen and oxygen atoms in total. The summed E-state index contributed by atoms with van der Waals surface area (Å²) in [6, 6.07) is 8.20. The zero-order chi connectivity index (χ0) is 16.5. The molecule has 1 aromatic carbocycles. The molecule has 0 aliphatic rings. The van der Waals surface area contributed by atoms with Crippen LogP contribution < -0.4 is 5.32 Å². The van der Waals surface area contributed by atoms with Gasteiger partial charge in [0.15, 0.2) is 0 Å². The minimum atomic E-state index is -0.454. The van der Waals surface area contributed by atoms with Gasteiger partial charge in [-0.15, -0.1) is 11.3 Å². The molecule has 0 bridgehead atoms. The highest BCUT2D eigenvalue weighted by molar-refractivity contribution is 7.16. The second-order valence-corrected chi connectivity index (χ2v) is 6.25. The van der Waals surface area contributed by atoms with E-state index in [1.165, 1.54) is 12.4 Å². The maximum Gasteiger partial charge on any atom is 0.139 e. The molecule has 120 valence electrons. The molecule has 4 aromatic rings. The molecule has 0 unspecified atom stereocenters. The van der Waals surface area contributed by atoms with Crippen molar-refractivity contribution in [3.8, 4) is 0 Å². The lowest BCUT2D eigenvalue weighted by Gasteiger charge is -2.20. The molecule has 0 aliphatic carbocycles. The lowest BCUT2D eigenvalue weighted by molar-refractivity contribution is 0.596. The second-order valence-electron chi connectivity index (χ2n) is 5.36. The Bertz CT molecular complexity index is 993. The third-order valence-electron chi connectivity index (χ3n) is 3.88. The molecule has 1 atom stereocenters. The quantitative estimate of drug-likeness (QED) is 0.615. The van der Waals surface area contributed by atoms with E-state index in [2.05, 4.69) is 20.3 Å². The summed E-state index contributed by atoms with van der Waals surface area (Å²) in [5.41, 5.74) is 0.522. The van der Waals surface area contributed by atoms with E-state index < -0.39 is 6.04 Å². The van der Waals surface area contributed by atoms with Gasteiger partial charge in [-0.3, -0.25) is 0 Å². The van der Waals surface area contributed by atoms with Gasteiger partial charge in [0.25, 0.3) is 0 Å². The van der Waals surface area contributed by atoms with Gasteiger partial charge in [0.1, 0.15) is 34.7 Å². The second kappa shape index (κ2) is 6.01. The molecule has 0 amide bonds. The van der Waals surface area contributed by atoms with Crippen molar-refractivity contribution in [1.82, 2.24) is 19.5 Å². The number of fused-ring (bicyclic) bond motifs is 1. The fourth-order valence-corrected chi connectivity index (χ4v) is 3.42. The lowest BCUT2D eigenvalue weighted by atomic mass is 10.1. The monoisotopic (exact) mass is 339 g/mol. The first kappa shape index (κ1) is 14.8. The van der Waals surface area contributed by atoms with Crippen LogP contribution in [0.1, 0.15) is 17.4 Å². The first-order chi connectivity index (χ1) is 11.7. The van der Waals surface area contributed by atoms with Gasteiger partial charge in [-0.1, -0.05) is 18.2 Å². The highest BCUT2D eigenvalue weighted by atomic mass is 32.1. The SMILES string of the molecule is Cn1ccnc1[C@H](Nc1ncnc2sccc12)c1ccccc1F. The van der Waals surface area contributed by atoms with E-state index >= 15 is 0 Å². The number of halogens is 1. The fourth-order valence-electron chi connectivity index (χ4n) is 2.69. The number of aromatic nitrogens is 4. The van der Waals surface area contributed by atoms with E-state index in [1.807, 2.05) is 35.3 Å². The number of anilines is 1. The minimum absolute atomic E-state index is 0.284. The Morgan fingerprint density at radius 3 is 2.83 bits per heavy atom. The molecule has 3 aromatic heterocycles. The van der Waals surface area contributed by atoms with Crippen molar-refractivity contribution in [2.75, 3.05) is 5.32 Å². The Hall–Kier alpha value is -2.80. The molecule has 1 N–H and O–H groups in total. The van der Waals surface area contributed by atoms with Gasteiger partial charge >= 0.3 is 0 Å². The maximum absolute atomic E-state index is 14.4. The van der Waals surface area contributed by atoms with Crippen LogP contribution >= 0.6 is 11.3 Å².